The van der Waals surface area contributed by atoms with Crippen molar-refractivity contribution < 1.29 is 9.53 Å². The molecule has 1 aliphatic carbocycles. The van der Waals surface area contributed by atoms with Crippen molar-refractivity contribution in [2.75, 3.05) is 6.61 Å². The van der Waals surface area contributed by atoms with Crippen LogP contribution in [0.2, 0.25) is 0 Å². The first kappa shape index (κ1) is 18.2. The summed E-state index contributed by atoms with van der Waals surface area (Å²) in [5, 5.41) is 6.07. The zero-order chi connectivity index (χ0) is 18.6. The summed E-state index contributed by atoms with van der Waals surface area (Å²) in [6.07, 6.45) is 7.49. The number of nitrogens with zero attached hydrogens (tertiary/aromatic N) is 1. The molecule has 0 atom stereocenters. The third kappa shape index (κ3) is 4.15. The molecule has 3 rings (SSSR count). The Balaban J connectivity index is 1.64. The number of nitrogens with one attached hydrogen (secondary N) is 2. The Morgan fingerprint density at radius 3 is 2.58 bits per heavy atom. The number of hydrogen-bond acceptors (Lipinski definition) is 4. The molecule has 0 unspecified atom stereocenters. The number of rotatable bonds is 8. The Labute approximate surface area is 155 Å². The van der Waals surface area contributed by atoms with Crippen LogP contribution in [0, 0.1) is 0 Å². The van der Waals surface area contributed by atoms with Crippen LogP contribution in [-0.2, 0) is 15.1 Å². The first-order valence-corrected chi connectivity index (χ1v) is 9.31. The highest BCUT2D eigenvalue weighted by Gasteiger charge is 2.31. The molecule has 0 saturated heterocycles. The molecule has 2 N–H and O–H groups in total. The second kappa shape index (κ2) is 7.77. The van der Waals surface area contributed by atoms with Crippen LogP contribution >= 0.6 is 0 Å². The van der Waals surface area contributed by atoms with Gasteiger partial charge in [-0.05, 0) is 42.7 Å². The lowest BCUT2D eigenvalue weighted by Crippen LogP contribution is -2.46. The molecule has 1 fully saturated rings. The summed E-state index contributed by atoms with van der Waals surface area (Å²) in [7, 11) is 0. The minimum absolute atomic E-state index is 0.0537. The highest BCUT2D eigenvalue weighted by Crippen LogP contribution is 2.40. The average molecular weight is 353 g/mol. The summed E-state index contributed by atoms with van der Waals surface area (Å²) in [6, 6.07) is 8.73. The molecule has 1 aromatic carbocycles. The maximum Gasteiger partial charge on any atom is 0.258 e. The fourth-order valence-corrected chi connectivity index (χ4v) is 3.34. The van der Waals surface area contributed by atoms with Crippen molar-refractivity contribution in [2.45, 2.75) is 51.0 Å². The molecule has 0 radical (unpaired) electrons. The standard InChI is InChI=1S/C21H27N3O2/c1-4-21(5-2,18-10-8-17(9-11-18)16-6-7-16)24-19(25)14-26-20-12-13-22-15(3)23-20/h8-13,16,23H,3-7,14H2,1-2H3,(H,24,25). The van der Waals surface area contributed by atoms with Gasteiger partial charge in [-0.25, -0.2) is 4.99 Å². The van der Waals surface area contributed by atoms with Crippen molar-refractivity contribution in [2.24, 2.45) is 4.99 Å². The third-order valence-corrected chi connectivity index (χ3v) is 5.18. The Hall–Kier alpha value is -2.56. The van der Waals surface area contributed by atoms with Crippen LogP contribution in [0.3, 0.4) is 0 Å². The van der Waals surface area contributed by atoms with Crippen molar-refractivity contribution in [1.82, 2.24) is 10.6 Å². The summed E-state index contributed by atoms with van der Waals surface area (Å²) in [5.41, 5.74) is 2.18. The predicted molar refractivity (Wildman–Crippen MR) is 104 cm³/mol. The van der Waals surface area contributed by atoms with E-state index in [1.807, 2.05) is 0 Å². The number of aliphatic imine (C=N–C) groups is 1. The number of hydrogen-bond donors (Lipinski definition) is 2. The quantitative estimate of drug-likeness (QED) is 0.749. The number of ether oxygens (including phenoxy) is 1. The van der Waals surface area contributed by atoms with Gasteiger partial charge in [0.05, 0.1) is 5.54 Å². The lowest BCUT2D eigenvalue weighted by molar-refractivity contribution is -0.126. The number of allylic oxidation sites excluding steroid dienone is 1. The summed E-state index contributed by atoms with van der Waals surface area (Å²) < 4.78 is 5.53. The van der Waals surface area contributed by atoms with E-state index in [-0.39, 0.29) is 18.1 Å². The molecule has 1 aliphatic heterocycles. The smallest absolute Gasteiger partial charge is 0.258 e. The minimum Gasteiger partial charge on any atom is -0.469 e. The Morgan fingerprint density at radius 2 is 2.00 bits per heavy atom. The SMILES string of the molecule is C=C1N=CC=C(OCC(=O)NC(CC)(CC)c2ccc(C3CC3)cc2)N1. The summed E-state index contributed by atoms with van der Waals surface area (Å²) in [4.78, 5) is 16.5. The Kier molecular flexibility index (Phi) is 5.45. The van der Waals surface area contributed by atoms with Crippen LogP contribution in [0.25, 0.3) is 0 Å². The van der Waals surface area contributed by atoms with Crippen LogP contribution in [-0.4, -0.2) is 18.7 Å². The number of carbonyl (C=O) groups excluding carboxylic acids is 1. The van der Waals surface area contributed by atoms with Gasteiger partial charge >= 0.3 is 0 Å². The van der Waals surface area contributed by atoms with Gasteiger partial charge in [0.2, 0.25) is 0 Å². The molecule has 0 aromatic heterocycles. The molecule has 5 nitrogen and oxygen atoms in total. The van der Waals surface area contributed by atoms with Gasteiger partial charge in [0.15, 0.2) is 12.5 Å². The minimum atomic E-state index is -0.373. The van der Waals surface area contributed by atoms with Gasteiger partial charge in [-0.3, -0.25) is 4.79 Å². The lowest BCUT2D eigenvalue weighted by Gasteiger charge is -2.34. The second-order valence-corrected chi connectivity index (χ2v) is 6.90. The first-order chi connectivity index (χ1) is 12.6. The van der Waals surface area contributed by atoms with E-state index < -0.39 is 0 Å². The van der Waals surface area contributed by atoms with Gasteiger partial charge in [0.1, 0.15) is 5.82 Å². The van der Waals surface area contributed by atoms with E-state index in [4.69, 9.17) is 4.74 Å². The zero-order valence-electron chi connectivity index (χ0n) is 15.5. The van der Waals surface area contributed by atoms with Gasteiger partial charge in [-0.15, -0.1) is 0 Å². The summed E-state index contributed by atoms with van der Waals surface area (Å²) in [6.45, 7) is 7.86. The van der Waals surface area contributed by atoms with Crippen molar-refractivity contribution in [1.29, 1.82) is 0 Å². The molecule has 26 heavy (non-hydrogen) atoms. The number of carbonyl (C=O) groups is 1. The Bertz CT molecular complexity index is 726. The van der Waals surface area contributed by atoms with Crippen molar-refractivity contribution in [3.05, 3.63) is 59.8 Å². The highest BCUT2D eigenvalue weighted by atomic mass is 16.5. The molecule has 2 aliphatic rings. The molecule has 1 aromatic rings. The topological polar surface area (TPSA) is 62.7 Å². The van der Waals surface area contributed by atoms with Gasteiger partial charge < -0.3 is 15.4 Å². The fourth-order valence-electron chi connectivity index (χ4n) is 3.34. The van der Waals surface area contributed by atoms with E-state index in [1.165, 1.54) is 18.4 Å². The molecule has 1 saturated carbocycles. The Morgan fingerprint density at radius 1 is 1.31 bits per heavy atom. The average Bonchev–Trinajstić information content (AvgIpc) is 3.50. The molecule has 1 heterocycles. The van der Waals surface area contributed by atoms with Crippen molar-refractivity contribution >= 4 is 12.1 Å². The number of amides is 1. The van der Waals surface area contributed by atoms with E-state index in [9.17, 15) is 4.79 Å². The van der Waals surface area contributed by atoms with Crippen LogP contribution in [0.15, 0.2) is 53.6 Å². The molecule has 138 valence electrons. The predicted octanol–water partition coefficient (Wildman–Crippen LogP) is 3.70. The molecule has 0 spiro atoms. The largest absolute Gasteiger partial charge is 0.469 e. The normalized spacial score (nSPS) is 16.7. The van der Waals surface area contributed by atoms with Gasteiger partial charge in [0, 0.05) is 12.3 Å². The lowest BCUT2D eigenvalue weighted by atomic mass is 9.84. The van der Waals surface area contributed by atoms with Crippen LogP contribution in [0.1, 0.15) is 56.6 Å². The molecule has 5 heteroatoms. The van der Waals surface area contributed by atoms with Crippen LogP contribution < -0.4 is 10.6 Å². The monoisotopic (exact) mass is 353 g/mol. The molecule has 1 amide bonds. The number of benzene rings is 1. The fraction of sp³-hybridized carbons (Fsp3) is 0.429. The van der Waals surface area contributed by atoms with E-state index in [1.54, 1.807) is 12.3 Å². The van der Waals surface area contributed by atoms with Gasteiger partial charge in [-0.2, -0.15) is 0 Å². The zero-order valence-corrected chi connectivity index (χ0v) is 15.5. The summed E-state index contributed by atoms with van der Waals surface area (Å²) >= 11 is 0. The second-order valence-electron chi connectivity index (χ2n) is 6.90. The third-order valence-electron chi connectivity index (χ3n) is 5.18. The summed E-state index contributed by atoms with van der Waals surface area (Å²) in [5.74, 6) is 1.57. The van der Waals surface area contributed by atoms with E-state index in [2.05, 4.69) is 60.3 Å². The van der Waals surface area contributed by atoms with Crippen molar-refractivity contribution in [3.63, 3.8) is 0 Å². The maximum atomic E-state index is 12.5. The highest BCUT2D eigenvalue weighted by molar-refractivity contribution is 5.79. The molecular weight excluding hydrogens is 326 g/mol. The van der Waals surface area contributed by atoms with E-state index >= 15 is 0 Å². The molecule has 0 bridgehead atoms. The van der Waals surface area contributed by atoms with Gasteiger partial charge in [0.25, 0.3) is 5.91 Å². The first-order valence-electron chi connectivity index (χ1n) is 9.31. The molecular formula is C21H27N3O2. The van der Waals surface area contributed by atoms with Gasteiger partial charge in [-0.1, -0.05) is 44.7 Å². The van der Waals surface area contributed by atoms with Crippen LogP contribution in [0.5, 0.6) is 0 Å². The maximum absolute atomic E-state index is 12.5. The van der Waals surface area contributed by atoms with Crippen molar-refractivity contribution in [3.8, 4) is 0 Å². The van der Waals surface area contributed by atoms with E-state index in [0.717, 1.165) is 24.3 Å². The van der Waals surface area contributed by atoms with Crippen LogP contribution in [0.4, 0.5) is 0 Å². The van der Waals surface area contributed by atoms with E-state index in [0.29, 0.717) is 11.7 Å².